The lowest BCUT2D eigenvalue weighted by Crippen LogP contribution is -2.18. The van der Waals surface area contributed by atoms with Crippen LogP contribution in [0.4, 0.5) is 0 Å². The van der Waals surface area contributed by atoms with Gasteiger partial charge in [0.05, 0.1) is 13.7 Å². The zero-order valence-electron chi connectivity index (χ0n) is 9.25. The lowest BCUT2D eigenvalue weighted by molar-refractivity contribution is -0.118. The normalized spacial score (nSPS) is 10.0. The van der Waals surface area contributed by atoms with E-state index in [1.165, 1.54) is 5.56 Å². The fourth-order valence-corrected chi connectivity index (χ4v) is 1.36. The van der Waals surface area contributed by atoms with Gasteiger partial charge in [0.2, 0.25) is 0 Å². The summed E-state index contributed by atoms with van der Waals surface area (Å²) in [5, 5.41) is 2.85. The monoisotopic (exact) mass is 207 g/mol. The predicted octanol–water partition coefficient (Wildman–Crippen LogP) is 1.42. The van der Waals surface area contributed by atoms with Crippen LogP contribution in [0.15, 0.2) is 24.3 Å². The maximum atomic E-state index is 11.3. The lowest BCUT2D eigenvalue weighted by atomic mass is 10.1. The second kappa shape index (κ2) is 6.19. The van der Waals surface area contributed by atoms with Gasteiger partial charge in [-0.3, -0.25) is 4.79 Å². The number of hydrogen-bond acceptors (Lipinski definition) is 3. The van der Waals surface area contributed by atoms with E-state index in [4.69, 9.17) is 4.74 Å². The molecule has 0 spiro atoms. The minimum absolute atomic E-state index is 0.244. The molecule has 0 aliphatic heterocycles. The molecule has 1 rings (SSSR count). The number of rotatable bonds is 6. The standard InChI is InChI=1S/C12H17NO2/c1-13-9-11(14)6-3-10-4-7-12(15-2)8-5-10/h4-5,7-8,13H,3,6,9H2,1-2H3. The van der Waals surface area contributed by atoms with Crippen molar-refractivity contribution in [2.24, 2.45) is 0 Å². The highest BCUT2D eigenvalue weighted by atomic mass is 16.5. The molecule has 3 heteroatoms. The fourth-order valence-electron chi connectivity index (χ4n) is 1.36. The summed E-state index contributed by atoms with van der Waals surface area (Å²) < 4.78 is 5.06. The average Bonchev–Trinajstić information content (AvgIpc) is 2.27. The molecule has 0 bridgehead atoms. The Hall–Kier alpha value is -1.35. The van der Waals surface area contributed by atoms with Gasteiger partial charge in [0.1, 0.15) is 11.5 Å². The van der Waals surface area contributed by atoms with Gasteiger partial charge in [0.25, 0.3) is 0 Å². The summed E-state index contributed by atoms with van der Waals surface area (Å²) in [6.07, 6.45) is 1.39. The maximum Gasteiger partial charge on any atom is 0.146 e. The number of likely N-dealkylation sites (N-methyl/N-ethyl adjacent to an activating group) is 1. The van der Waals surface area contributed by atoms with E-state index in [2.05, 4.69) is 5.32 Å². The summed E-state index contributed by atoms with van der Waals surface area (Å²) in [5.74, 6) is 1.09. The average molecular weight is 207 g/mol. The Bertz CT molecular complexity index is 306. The number of ketones is 1. The van der Waals surface area contributed by atoms with Crippen LogP contribution in [-0.2, 0) is 11.2 Å². The van der Waals surface area contributed by atoms with E-state index in [0.717, 1.165) is 12.2 Å². The number of nitrogens with one attached hydrogen (secondary N) is 1. The molecule has 0 unspecified atom stereocenters. The van der Waals surface area contributed by atoms with Crippen molar-refractivity contribution in [3.8, 4) is 5.75 Å². The third-order valence-electron chi connectivity index (χ3n) is 2.23. The molecule has 0 atom stereocenters. The van der Waals surface area contributed by atoms with Gasteiger partial charge in [-0.15, -0.1) is 0 Å². The summed E-state index contributed by atoms with van der Waals surface area (Å²) in [5.41, 5.74) is 1.17. The van der Waals surface area contributed by atoms with Crippen LogP contribution in [0.5, 0.6) is 5.75 Å². The number of hydrogen-bond donors (Lipinski definition) is 1. The molecular weight excluding hydrogens is 190 g/mol. The van der Waals surface area contributed by atoms with Gasteiger partial charge in [-0.25, -0.2) is 0 Å². The Balaban J connectivity index is 2.40. The quantitative estimate of drug-likeness (QED) is 0.766. The van der Waals surface area contributed by atoms with Crippen molar-refractivity contribution >= 4 is 5.78 Å². The Morgan fingerprint density at radius 2 is 2.00 bits per heavy atom. The minimum atomic E-state index is 0.244. The molecule has 0 fully saturated rings. The number of carbonyl (C=O) groups excluding carboxylic acids is 1. The summed E-state index contributed by atoms with van der Waals surface area (Å²) in [7, 11) is 3.43. The zero-order chi connectivity index (χ0) is 11.1. The molecule has 15 heavy (non-hydrogen) atoms. The van der Waals surface area contributed by atoms with E-state index in [0.29, 0.717) is 13.0 Å². The van der Waals surface area contributed by atoms with Crippen molar-refractivity contribution < 1.29 is 9.53 Å². The van der Waals surface area contributed by atoms with E-state index in [1.807, 2.05) is 24.3 Å². The first-order chi connectivity index (χ1) is 7.26. The molecule has 0 saturated heterocycles. The van der Waals surface area contributed by atoms with Crippen molar-refractivity contribution in [3.63, 3.8) is 0 Å². The molecule has 1 N–H and O–H groups in total. The topological polar surface area (TPSA) is 38.3 Å². The SMILES string of the molecule is CNCC(=O)CCc1ccc(OC)cc1. The first-order valence-electron chi connectivity index (χ1n) is 5.05. The molecule has 1 aromatic carbocycles. The smallest absolute Gasteiger partial charge is 0.146 e. The lowest BCUT2D eigenvalue weighted by Gasteiger charge is -2.03. The summed E-state index contributed by atoms with van der Waals surface area (Å²) in [6, 6.07) is 7.81. The van der Waals surface area contributed by atoms with Crippen LogP contribution in [0.3, 0.4) is 0 Å². The summed E-state index contributed by atoms with van der Waals surface area (Å²) >= 11 is 0. The van der Waals surface area contributed by atoms with E-state index in [9.17, 15) is 4.79 Å². The van der Waals surface area contributed by atoms with E-state index in [-0.39, 0.29) is 5.78 Å². The van der Waals surface area contributed by atoms with Crippen LogP contribution in [0.2, 0.25) is 0 Å². The molecular formula is C12H17NO2. The minimum Gasteiger partial charge on any atom is -0.497 e. The highest BCUT2D eigenvalue weighted by Gasteiger charge is 2.01. The van der Waals surface area contributed by atoms with E-state index >= 15 is 0 Å². The van der Waals surface area contributed by atoms with E-state index in [1.54, 1.807) is 14.2 Å². The summed E-state index contributed by atoms with van der Waals surface area (Å²) in [4.78, 5) is 11.3. The third-order valence-corrected chi connectivity index (χ3v) is 2.23. The molecule has 82 valence electrons. The number of benzene rings is 1. The molecule has 1 aromatic rings. The highest BCUT2D eigenvalue weighted by molar-refractivity contribution is 5.80. The Kier molecular flexibility index (Phi) is 4.84. The number of carbonyl (C=O) groups is 1. The van der Waals surface area contributed by atoms with Crippen LogP contribution < -0.4 is 10.1 Å². The van der Waals surface area contributed by atoms with Gasteiger partial charge < -0.3 is 10.1 Å². The van der Waals surface area contributed by atoms with Crippen molar-refractivity contribution in [1.29, 1.82) is 0 Å². The Morgan fingerprint density at radius 3 is 2.53 bits per heavy atom. The largest absolute Gasteiger partial charge is 0.497 e. The highest BCUT2D eigenvalue weighted by Crippen LogP contribution is 2.12. The first-order valence-corrected chi connectivity index (χ1v) is 5.05. The number of methoxy groups -OCH3 is 1. The molecule has 0 heterocycles. The van der Waals surface area contributed by atoms with Crippen molar-refractivity contribution in [2.75, 3.05) is 20.7 Å². The van der Waals surface area contributed by atoms with Gasteiger partial charge >= 0.3 is 0 Å². The number of aryl methyl sites for hydroxylation is 1. The zero-order valence-corrected chi connectivity index (χ0v) is 9.25. The second-order valence-corrected chi connectivity index (χ2v) is 3.42. The summed E-state index contributed by atoms with van der Waals surface area (Å²) in [6.45, 7) is 0.455. The van der Waals surface area contributed by atoms with Crippen LogP contribution in [0.25, 0.3) is 0 Å². The first kappa shape index (κ1) is 11.7. The van der Waals surface area contributed by atoms with Gasteiger partial charge in [0.15, 0.2) is 0 Å². The van der Waals surface area contributed by atoms with Crippen LogP contribution in [-0.4, -0.2) is 26.5 Å². The van der Waals surface area contributed by atoms with Gasteiger partial charge in [-0.1, -0.05) is 12.1 Å². The van der Waals surface area contributed by atoms with Crippen LogP contribution in [0, 0.1) is 0 Å². The van der Waals surface area contributed by atoms with Crippen molar-refractivity contribution in [1.82, 2.24) is 5.32 Å². The Labute approximate surface area is 90.4 Å². The predicted molar refractivity (Wildman–Crippen MR) is 60.2 cm³/mol. The molecule has 0 aliphatic rings. The van der Waals surface area contributed by atoms with Gasteiger partial charge in [-0.2, -0.15) is 0 Å². The second-order valence-electron chi connectivity index (χ2n) is 3.42. The van der Waals surface area contributed by atoms with E-state index < -0.39 is 0 Å². The van der Waals surface area contributed by atoms with Crippen molar-refractivity contribution in [3.05, 3.63) is 29.8 Å². The molecule has 3 nitrogen and oxygen atoms in total. The maximum absolute atomic E-state index is 11.3. The fraction of sp³-hybridized carbons (Fsp3) is 0.417. The van der Waals surface area contributed by atoms with Crippen molar-refractivity contribution in [2.45, 2.75) is 12.8 Å². The molecule has 0 radical (unpaired) electrons. The molecule has 0 aromatic heterocycles. The van der Waals surface area contributed by atoms with Gasteiger partial charge in [0, 0.05) is 6.42 Å². The number of ether oxygens (including phenoxy) is 1. The third kappa shape index (κ3) is 4.13. The Morgan fingerprint density at radius 1 is 1.33 bits per heavy atom. The van der Waals surface area contributed by atoms with Gasteiger partial charge in [-0.05, 0) is 31.2 Å². The molecule has 0 saturated carbocycles. The molecule has 0 aliphatic carbocycles. The van der Waals surface area contributed by atoms with Crippen LogP contribution >= 0.6 is 0 Å². The molecule has 0 amide bonds. The van der Waals surface area contributed by atoms with Crippen LogP contribution in [0.1, 0.15) is 12.0 Å². The number of Topliss-reactive ketones (excluding diaryl/α,β-unsaturated/α-hetero) is 1.